The second-order valence-corrected chi connectivity index (χ2v) is 7.47. The van der Waals surface area contributed by atoms with Crippen LogP contribution in [-0.4, -0.2) is 22.0 Å². The molecule has 0 spiro atoms. The molecule has 30 heavy (non-hydrogen) atoms. The molecule has 152 valence electrons. The standard InChI is InChI=1S/C22H18ClFN4O2/c1-12-8-19(28-27-12)14-4-7-18(23)20(9-14)26-22(30)17-11-25-21(29)10-16(17)13-2-5-15(24)6-3-13/h2-9,11,16H,10H2,1H3,(H,25,29)(H,26,30)(H,27,28). The summed E-state index contributed by atoms with van der Waals surface area (Å²) < 4.78 is 13.3. The van der Waals surface area contributed by atoms with Gasteiger partial charge in [0.1, 0.15) is 5.82 Å². The summed E-state index contributed by atoms with van der Waals surface area (Å²) in [5, 5.41) is 12.9. The van der Waals surface area contributed by atoms with Crippen molar-refractivity contribution in [1.82, 2.24) is 15.5 Å². The van der Waals surface area contributed by atoms with Gasteiger partial charge in [-0.15, -0.1) is 0 Å². The van der Waals surface area contributed by atoms with Crippen LogP contribution >= 0.6 is 11.6 Å². The number of nitrogens with one attached hydrogen (secondary N) is 3. The molecule has 1 unspecified atom stereocenters. The van der Waals surface area contributed by atoms with Gasteiger partial charge in [-0.1, -0.05) is 29.8 Å². The minimum absolute atomic E-state index is 0.0885. The van der Waals surface area contributed by atoms with Gasteiger partial charge in [0.25, 0.3) is 5.91 Å². The Balaban J connectivity index is 1.62. The number of benzene rings is 2. The fourth-order valence-corrected chi connectivity index (χ4v) is 3.53. The van der Waals surface area contributed by atoms with Crippen LogP contribution in [0.25, 0.3) is 11.3 Å². The molecule has 6 nitrogen and oxygen atoms in total. The predicted octanol–water partition coefficient (Wildman–Crippen LogP) is 4.30. The number of aryl methyl sites for hydroxylation is 1. The van der Waals surface area contributed by atoms with E-state index in [2.05, 4.69) is 20.8 Å². The number of aromatic nitrogens is 2. The normalized spacial score (nSPS) is 16.0. The monoisotopic (exact) mass is 424 g/mol. The summed E-state index contributed by atoms with van der Waals surface area (Å²) in [6.45, 7) is 1.90. The Labute approximate surface area is 177 Å². The maximum Gasteiger partial charge on any atom is 0.253 e. The van der Waals surface area contributed by atoms with Gasteiger partial charge < -0.3 is 10.6 Å². The molecule has 0 saturated carbocycles. The highest BCUT2D eigenvalue weighted by Gasteiger charge is 2.29. The van der Waals surface area contributed by atoms with Crippen LogP contribution in [0.3, 0.4) is 0 Å². The highest BCUT2D eigenvalue weighted by molar-refractivity contribution is 6.34. The zero-order chi connectivity index (χ0) is 21.3. The first-order chi connectivity index (χ1) is 14.4. The molecule has 2 aromatic carbocycles. The summed E-state index contributed by atoms with van der Waals surface area (Å²) in [7, 11) is 0. The SMILES string of the molecule is Cc1cc(-c2ccc(Cl)c(NC(=O)C3=CNC(=O)CC3c3ccc(F)cc3)c2)n[nH]1. The van der Waals surface area contributed by atoms with E-state index >= 15 is 0 Å². The molecule has 1 aromatic heterocycles. The van der Waals surface area contributed by atoms with Gasteiger partial charge in [-0.05, 0) is 42.8 Å². The van der Waals surface area contributed by atoms with Crippen LogP contribution < -0.4 is 10.6 Å². The third-order valence-electron chi connectivity index (χ3n) is 4.90. The highest BCUT2D eigenvalue weighted by Crippen LogP contribution is 2.33. The Kier molecular flexibility index (Phi) is 5.37. The van der Waals surface area contributed by atoms with Crippen LogP contribution in [0.4, 0.5) is 10.1 Å². The van der Waals surface area contributed by atoms with Gasteiger partial charge in [0, 0.05) is 35.4 Å². The molecule has 1 aliphatic heterocycles. The molecule has 4 rings (SSSR count). The number of carbonyl (C=O) groups is 2. The Morgan fingerprint density at radius 2 is 1.97 bits per heavy atom. The lowest BCUT2D eigenvalue weighted by atomic mass is 9.86. The predicted molar refractivity (Wildman–Crippen MR) is 112 cm³/mol. The molecule has 2 amide bonds. The molecule has 1 aliphatic rings. The van der Waals surface area contributed by atoms with E-state index in [9.17, 15) is 14.0 Å². The van der Waals surface area contributed by atoms with Crippen molar-refractivity contribution >= 4 is 29.1 Å². The summed E-state index contributed by atoms with van der Waals surface area (Å²) in [5.41, 5.74) is 3.90. The molecule has 0 radical (unpaired) electrons. The summed E-state index contributed by atoms with van der Waals surface area (Å²) in [5.74, 6) is -1.49. The van der Waals surface area contributed by atoms with E-state index in [-0.39, 0.29) is 18.1 Å². The van der Waals surface area contributed by atoms with E-state index < -0.39 is 11.8 Å². The van der Waals surface area contributed by atoms with Crippen LogP contribution in [0.2, 0.25) is 5.02 Å². The van der Waals surface area contributed by atoms with Crippen molar-refractivity contribution < 1.29 is 14.0 Å². The number of hydrogen-bond donors (Lipinski definition) is 3. The Hall–Kier alpha value is -3.45. The molecule has 3 N–H and O–H groups in total. The molecule has 1 atom stereocenters. The Bertz CT molecular complexity index is 1150. The third kappa shape index (κ3) is 4.11. The molecule has 0 fully saturated rings. The molecular weight excluding hydrogens is 407 g/mol. The lowest BCUT2D eigenvalue weighted by Gasteiger charge is -2.24. The molecule has 3 aromatic rings. The zero-order valence-corrected chi connectivity index (χ0v) is 16.8. The van der Waals surface area contributed by atoms with Gasteiger partial charge in [0.2, 0.25) is 5.91 Å². The molecule has 0 saturated heterocycles. The number of hydrogen-bond acceptors (Lipinski definition) is 3. The first-order valence-electron chi connectivity index (χ1n) is 9.29. The van der Waals surface area contributed by atoms with E-state index in [1.54, 1.807) is 24.3 Å². The van der Waals surface area contributed by atoms with Crippen LogP contribution in [0.1, 0.15) is 23.6 Å². The number of amides is 2. The van der Waals surface area contributed by atoms with Gasteiger partial charge in [-0.2, -0.15) is 5.10 Å². The van der Waals surface area contributed by atoms with Gasteiger partial charge in [-0.3, -0.25) is 14.7 Å². The number of aromatic amines is 1. The maximum atomic E-state index is 13.3. The van der Waals surface area contributed by atoms with Crippen molar-refractivity contribution in [2.24, 2.45) is 0 Å². The molecule has 2 heterocycles. The van der Waals surface area contributed by atoms with Gasteiger partial charge in [-0.25, -0.2) is 4.39 Å². The molecule has 0 aliphatic carbocycles. The second-order valence-electron chi connectivity index (χ2n) is 7.06. The Morgan fingerprint density at radius 3 is 2.67 bits per heavy atom. The van der Waals surface area contributed by atoms with E-state index in [4.69, 9.17) is 11.6 Å². The highest BCUT2D eigenvalue weighted by atomic mass is 35.5. The van der Waals surface area contributed by atoms with Crippen molar-refractivity contribution in [3.63, 3.8) is 0 Å². The van der Waals surface area contributed by atoms with Crippen LogP contribution in [-0.2, 0) is 9.59 Å². The van der Waals surface area contributed by atoms with Crippen molar-refractivity contribution in [2.45, 2.75) is 19.3 Å². The van der Waals surface area contributed by atoms with Gasteiger partial charge in [0.05, 0.1) is 16.4 Å². The number of rotatable bonds is 4. The van der Waals surface area contributed by atoms with Crippen LogP contribution in [0.5, 0.6) is 0 Å². The molecular formula is C22H18ClFN4O2. The Morgan fingerprint density at radius 1 is 1.20 bits per heavy atom. The minimum Gasteiger partial charge on any atom is -0.332 e. The van der Waals surface area contributed by atoms with Crippen molar-refractivity contribution in [3.05, 3.63) is 82.4 Å². The average Bonchev–Trinajstić information content (AvgIpc) is 3.16. The number of halogens is 2. The van der Waals surface area contributed by atoms with E-state index in [1.807, 2.05) is 19.1 Å². The van der Waals surface area contributed by atoms with E-state index in [0.29, 0.717) is 21.8 Å². The third-order valence-corrected chi connectivity index (χ3v) is 5.23. The second kappa shape index (κ2) is 8.12. The zero-order valence-electron chi connectivity index (χ0n) is 16.0. The average molecular weight is 425 g/mol. The summed E-state index contributed by atoms with van der Waals surface area (Å²) in [6, 6.07) is 12.9. The number of anilines is 1. The fourth-order valence-electron chi connectivity index (χ4n) is 3.37. The van der Waals surface area contributed by atoms with Crippen molar-refractivity contribution in [2.75, 3.05) is 5.32 Å². The van der Waals surface area contributed by atoms with Gasteiger partial charge in [0.15, 0.2) is 0 Å². The van der Waals surface area contributed by atoms with Crippen molar-refractivity contribution in [1.29, 1.82) is 0 Å². The van der Waals surface area contributed by atoms with Crippen molar-refractivity contribution in [3.8, 4) is 11.3 Å². The molecule has 8 heteroatoms. The minimum atomic E-state index is -0.490. The largest absolute Gasteiger partial charge is 0.332 e. The van der Waals surface area contributed by atoms with Crippen LogP contribution in [0, 0.1) is 12.7 Å². The number of H-pyrrole nitrogens is 1. The number of carbonyl (C=O) groups excluding carboxylic acids is 2. The summed E-state index contributed by atoms with van der Waals surface area (Å²) in [6.07, 6.45) is 1.48. The summed E-state index contributed by atoms with van der Waals surface area (Å²) in [4.78, 5) is 24.9. The maximum absolute atomic E-state index is 13.3. The smallest absolute Gasteiger partial charge is 0.253 e. The first-order valence-corrected chi connectivity index (χ1v) is 9.66. The van der Waals surface area contributed by atoms with E-state index in [0.717, 1.165) is 17.0 Å². The quantitative estimate of drug-likeness (QED) is 0.583. The topological polar surface area (TPSA) is 86.9 Å². The lowest BCUT2D eigenvalue weighted by molar-refractivity contribution is -0.121. The van der Waals surface area contributed by atoms with Gasteiger partial charge >= 0.3 is 0 Å². The first kappa shape index (κ1) is 19.8. The lowest BCUT2D eigenvalue weighted by Crippen LogP contribution is -2.32. The fraction of sp³-hybridized carbons (Fsp3) is 0.136. The van der Waals surface area contributed by atoms with E-state index in [1.165, 1.54) is 18.3 Å². The number of nitrogens with zero attached hydrogens (tertiary/aromatic N) is 1. The molecule has 0 bridgehead atoms. The van der Waals surface area contributed by atoms with Crippen LogP contribution in [0.15, 0.2) is 60.3 Å². The summed E-state index contributed by atoms with van der Waals surface area (Å²) >= 11 is 6.29.